The van der Waals surface area contributed by atoms with Crippen molar-refractivity contribution in [2.75, 3.05) is 5.73 Å². The number of anilines is 1. The highest BCUT2D eigenvalue weighted by atomic mass is 35.5. The van der Waals surface area contributed by atoms with Crippen LogP contribution in [0.15, 0.2) is 28.8 Å². The molecule has 1 aromatic carbocycles. The third kappa shape index (κ3) is 2.01. The summed E-state index contributed by atoms with van der Waals surface area (Å²) >= 11 is 6.33. The molecule has 0 amide bonds. The molecule has 2 aromatic rings. The lowest BCUT2D eigenvalue weighted by Crippen LogP contribution is -2.22. The fourth-order valence-electron chi connectivity index (χ4n) is 3.40. The lowest BCUT2D eigenvalue weighted by molar-refractivity contribution is 0.361. The first kappa shape index (κ1) is 13.5. The van der Waals surface area contributed by atoms with Gasteiger partial charge in [-0.1, -0.05) is 54.7 Å². The van der Waals surface area contributed by atoms with Gasteiger partial charge in [-0.05, 0) is 25.3 Å². The van der Waals surface area contributed by atoms with E-state index in [1.165, 1.54) is 12.8 Å². The summed E-state index contributed by atoms with van der Waals surface area (Å²) in [6.07, 6.45) is 5.82. The van der Waals surface area contributed by atoms with Crippen LogP contribution in [0.25, 0.3) is 11.1 Å². The molecule has 0 unspecified atom stereocenters. The summed E-state index contributed by atoms with van der Waals surface area (Å²) in [5.41, 5.74) is 8.92. The fraction of sp³-hybridized carbons (Fsp3) is 0.438. The predicted molar refractivity (Wildman–Crippen MR) is 81.8 cm³/mol. The average molecular weight is 291 g/mol. The Morgan fingerprint density at radius 3 is 2.65 bits per heavy atom. The maximum absolute atomic E-state index is 6.33. The maximum Gasteiger partial charge on any atom is 0.230 e. The van der Waals surface area contributed by atoms with E-state index in [0.717, 1.165) is 36.1 Å². The topological polar surface area (TPSA) is 52.0 Å². The number of nitrogens with zero attached hydrogens (tertiary/aromatic N) is 1. The standard InChI is InChI=1S/C16H19ClN2O/c1-2-16(9-5-6-10-16)14-13(15(18)20-19-14)11-7-3-4-8-12(11)17/h3-4,7-8H,2,5-6,9-10,18H2,1H3. The molecule has 0 radical (unpaired) electrons. The van der Waals surface area contributed by atoms with Gasteiger partial charge in [-0.3, -0.25) is 0 Å². The van der Waals surface area contributed by atoms with Crippen molar-refractivity contribution < 1.29 is 4.52 Å². The molecule has 0 atom stereocenters. The van der Waals surface area contributed by atoms with Crippen molar-refractivity contribution in [1.29, 1.82) is 0 Å². The van der Waals surface area contributed by atoms with Crippen molar-refractivity contribution in [3.05, 3.63) is 35.0 Å². The van der Waals surface area contributed by atoms with Crippen molar-refractivity contribution in [1.82, 2.24) is 5.16 Å². The zero-order valence-electron chi connectivity index (χ0n) is 11.7. The van der Waals surface area contributed by atoms with Crippen LogP contribution in [-0.2, 0) is 5.41 Å². The van der Waals surface area contributed by atoms with E-state index < -0.39 is 0 Å². The van der Waals surface area contributed by atoms with Crippen molar-refractivity contribution in [3.8, 4) is 11.1 Å². The number of aromatic nitrogens is 1. The van der Waals surface area contributed by atoms with Gasteiger partial charge in [-0.15, -0.1) is 0 Å². The van der Waals surface area contributed by atoms with Crippen LogP contribution in [0.5, 0.6) is 0 Å². The minimum Gasteiger partial charge on any atom is -0.367 e. The number of hydrogen-bond donors (Lipinski definition) is 1. The first-order valence-corrected chi connectivity index (χ1v) is 7.56. The molecule has 0 bridgehead atoms. The van der Waals surface area contributed by atoms with Crippen molar-refractivity contribution in [2.24, 2.45) is 0 Å². The summed E-state index contributed by atoms with van der Waals surface area (Å²) in [6.45, 7) is 2.21. The lowest BCUT2D eigenvalue weighted by Gasteiger charge is -2.26. The molecule has 1 aliphatic carbocycles. The van der Waals surface area contributed by atoms with Crippen LogP contribution in [0.3, 0.4) is 0 Å². The van der Waals surface area contributed by atoms with Gasteiger partial charge in [0.15, 0.2) is 0 Å². The van der Waals surface area contributed by atoms with Gasteiger partial charge in [-0.2, -0.15) is 0 Å². The number of nitrogens with two attached hydrogens (primary N) is 1. The Hall–Kier alpha value is -1.48. The second-order valence-electron chi connectivity index (χ2n) is 5.59. The van der Waals surface area contributed by atoms with Gasteiger partial charge in [0, 0.05) is 16.0 Å². The number of nitrogen functional groups attached to an aromatic ring is 1. The molecule has 3 nitrogen and oxygen atoms in total. The second kappa shape index (κ2) is 5.13. The lowest BCUT2D eigenvalue weighted by atomic mass is 9.77. The summed E-state index contributed by atoms with van der Waals surface area (Å²) < 4.78 is 5.31. The Labute approximate surface area is 124 Å². The first-order chi connectivity index (χ1) is 9.68. The smallest absolute Gasteiger partial charge is 0.230 e. The van der Waals surface area contributed by atoms with Crippen LogP contribution in [0, 0.1) is 0 Å². The minimum absolute atomic E-state index is 0.0929. The molecule has 0 saturated heterocycles. The Balaban J connectivity index is 2.18. The van der Waals surface area contributed by atoms with Crippen LogP contribution in [0.2, 0.25) is 5.02 Å². The largest absolute Gasteiger partial charge is 0.367 e. The number of hydrogen-bond acceptors (Lipinski definition) is 3. The van der Waals surface area contributed by atoms with E-state index in [0.29, 0.717) is 10.9 Å². The molecule has 2 N–H and O–H groups in total. The molecule has 1 heterocycles. The molecule has 0 spiro atoms. The predicted octanol–water partition coefficient (Wildman–Crippen LogP) is 4.80. The van der Waals surface area contributed by atoms with Gasteiger partial charge >= 0.3 is 0 Å². The molecule has 1 saturated carbocycles. The first-order valence-electron chi connectivity index (χ1n) is 7.18. The number of rotatable bonds is 3. The second-order valence-corrected chi connectivity index (χ2v) is 6.00. The van der Waals surface area contributed by atoms with Crippen LogP contribution >= 0.6 is 11.6 Å². The summed E-state index contributed by atoms with van der Waals surface area (Å²) in [4.78, 5) is 0. The van der Waals surface area contributed by atoms with Crippen LogP contribution < -0.4 is 5.73 Å². The maximum atomic E-state index is 6.33. The SMILES string of the molecule is CCC1(c2noc(N)c2-c2ccccc2Cl)CCCC1. The Morgan fingerprint density at radius 1 is 1.30 bits per heavy atom. The fourth-order valence-corrected chi connectivity index (χ4v) is 3.63. The van der Waals surface area contributed by atoms with Crippen LogP contribution in [-0.4, -0.2) is 5.16 Å². The summed E-state index contributed by atoms with van der Waals surface area (Å²) in [5, 5.41) is 4.99. The monoisotopic (exact) mass is 290 g/mol. The quantitative estimate of drug-likeness (QED) is 0.883. The third-order valence-electron chi connectivity index (χ3n) is 4.60. The molecule has 0 aliphatic heterocycles. The van der Waals surface area contributed by atoms with E-state index in [4.69, 9.17) is 21.9 Å². The normalized spacial score (nSPS) is 17.5. The van der Waals surface area contributed by atoms with E-state index in [2.05, 4.69) is 12.1 Å². The van der Waals surface area contributed by atoms with Crippen molar-refractivity contribution in [3.63, 3.8) is 0 Å². The highest BCUT2D eigenvalue weighted by molar-refractivity contribution is 6.33. The van der Waals surface area contributed by atoms with Gasteiger partial charge in [0.1, 0.15) is 0 Å². The highest BCUT2D eigenvalue weighted by Crippen LogP contribution is 2.48. The van der Waals surface area contributed by atoms with Gasteiger partial charge in [0.25, 0.3) is 0 Å². The van der Waals surface area contributed by atoms with E-state index in [9.17, 15) is 0 Å². The molecule has 3 rings (SSSR count). The van der Waals surface area contributed by atoms with Gasteiger partial charge in [-0.25, -0.2) is 0 Å². The van der Waals surface area contributed by atoms with Crippen molar-refractivity contribution in [2.45, 2.75) is 44.4 Å². The molecule has 4 heteroatoms. The molecular formula is C16H19ClN2O. The number of halogens is 1. The Kier molecular flexibility index (Phi) is 3.47. The third-order valence-corrected chi connectivity index (χ3v) is 4.93. The summed E-state index contributed by atoms with van der Waals surface area (Å²) in [5.74, 6) is 0.368. The van der Waals surface area contributed by atoms with Gasteiger partial charge < -0.3 is 10.3 Å². The van der Waals surface area contributed by atoms with E-state index in [1.54, 1.807) is 0 Å². The van der Waals surface area contributed by atoms with E-state index in [-0.39, 0.29) is 5.41 Å². The van der Waals surface area contributed by atoms with Gasteiger partial charge in [0.05, 0.1) is 11.3 Å². The Morgan fingerprint density at radius 2 is 2.00 bits per heavy atom. The molecule has 20 heavy (non-hydrogen) atoms. The minimum atomic E-state index is 0.0929. The zero-order chi connectivity index (χ0) is 14.2. The summed E-state index contributed by atoms with van der Waals surface area (Å²) in [6, 6.07) is 7.73. The van der Waals surface area contributed by atoms with E-state index in [1.807, 2.05) is 24.3 Å². The average Bonchev–Trinajstić information content (AvgIpc) is 3.07. The van der Waals surface area contributed by atoms with Crippen molar-refractivity contribution >= 4 is 17.5 Å². The molecule has 1 aliphatic rings. The van der Waals surface area contributed by atoms with Crippen LogP contribution in [0.1, 0.15) is 44.7 Å². The van der Waals surface area contributed by atoms with Gasteiger partial charge in [0.2, 0.25) is 5.88 Å². The molecule has 1 fully saturated rings. The zero-order valence-corrected chi connectivity index (χ0v) is 12.4. The molecule has 1 aromatic heterocycles. The van der Waals surface area contributed by atoms with E-state index >= 15 is 0 Å². The highest BCUT2D eigenvalue weighted by Gasteiger charge is 2.39. The number of benzene rings is 1. The van der Waals surface area contributed by atoms with Crippen LogP contribution in [0.4, 0.5) is 5.88 Å². The molecule has 106 valence electrons. The summed E-state index contributed by atoms with van der Waals surface area (Å²) in [7, 11) is 0. The Bertz CT molecular complexity index is 615. The molecular weight excluding hydrogens is 272 g/mol.